The van der Waals surface area contributed by atoms with Gasteiger partial charge in [0.15, 0.2) is 0 Å². The Hall–Kier alpha value is -2.34. The van der Waals surface area contributed by atoms with Crippen LogP contribution in [0.2, 0.25) is 0 Å². The minimum absolute atomic E-state index is 0.0259. The Balaban J connectivity index is 1.93. The lowest BCUT2D eigenvalue weighted by Crippen LogP contribution is -2.17. The van der Waals surface area contributed by atoms with Gasteiger partial charge in [-0.3, -0.25) is 4.68 Å². The van der Waals surface area contributed by atoms with Crippen molar-refractivity contribution < 1.29 is 18.3 Å². The summed E-state index contributed by atoms with van der Waals surface area (Å²) in [5.74, 6) is 0. The van der Waals surface area contributed by atoms with Gasteiger partial charge < -0.3 is 5.11 Å². The lowest BCUT2D eigenvalue weighted by Gasteiger charge is -2.05. The molecule has 0 saturated carbocycles. The average molecular weight is 306 g/mol. The molecule has 0 saturated heterocycles. The molecule has 0 aliphatic heterocycles. The molecule has 114 valence electrons. The van der Waals surface area contributed by atoms with Gasteiger partial charge in [0.05, 0.1) is 12.8 Å². The van der Waals surface area contributed by atoms with Crippen LogP contribution in [0.5, 0.6) is 0 Å². The van der Waals surface area contributed by atoms with Crippen molar-refractivity contribution in [2.24, 2.45) is 0 Å². The molecule has 0 unspecified atom stereocenters. The maximum absolute atomic E-state index is 12.4. The van der Waals surface area contributed by atoms with Crippen LogP contribution in [-0.4, -0.2) is 21.1 Å². The second kappa shape index (κ2) is 5.46. The Kier molecular flexibility index (Phi) is 3.62. The van der Waals surface area contributed by atoms with Gasteiger partial charge >= 0.3 is 6.18 Å². The molecule has 0 amide bonds. The zero-order chi connectivity index (χ0) is 15.7. The third-order valence-electron chi connectivity index (χ3n) is 3.40. The second-order valence-electron chi connectivity index (χ2n) is 5.10. The summed E-state index contributed by atoms with van der Waals surface area (Å²) in [7, 11) is 0. The molecule has 1 aromatic heterocycles. The van der Waals surface area contributed by atoms with Gasteiger partial charge in [-0.05, 0) is 34.0 Å². The summed E-state index contributed by atoms with van der Waals surface area (Å²) in [6, 6.07) is 11.2. The van der Waals surface area contributed by atoms with Crippen LogP contribution >= 0.6 is 0 Å². The zero-order valence-corrected chi connectivity index (χ0v) is 11.5. The average Bonchev–Trinajstić information content (AvgIpc) is 2.92. The summed E-state index contributed by atoms with van der Waals surface area (Å²) >= 11 is 0. The van der Waals surface area contributed by atoms with Crippen molar-refractivity contribution >= 4 is 10.8 Å². The Morgan fingerprint density at radius 1 is 1.00 bits per heavy atom. The number of aliphatic hydroxyl groups excluding tert-OH is 1. The first-order chi connectivity index (χ1) is 10.4. The van der Waals surface area contributed by atoms with E-state index in [-0.39, 0.29) is 6.61 Å². The van der Waals surface area contributed by atoms with E-state index in [0.29, 0.717) is 5.56 Å². The number of benzene rings is 2. The molecular weight excluding hydrogens is 293 g/mol. The molecule has 6 heteroatoms. The van der Waals surface area contributed by atoms with Gasteiger partial charge in [-0.1, -0.05) is 24.3 Å². The van der Waals surface area contributed by atoms with Gasteiger partial charge in [0.1, 0.15) is 6.54 Å². The number of nitrogens with zero attached hydrogens (tertiary/aromatic N) is 2. The summed E-state index contributed by atoms with van der Waals surface area (Å²) in [4.78, 5) is 0. The lowest BCUT2D eigenvalue weighted by atomic mass is 10.0. The first-order valence-electron chi connectivity index (χ1n) is 6.68. The van der Waals surface area contributed by atoms with Crippen molar-refractivity contribution in [3.05, 3.63) is 54.4 Å². The number of fused-ring (bicyclic) bond motifs is 1. The fourth-order valence-corrected chi connectivity index (χ4v) is 2.36. The number of hydrogen-bond acceptors (Lipinski definition) is 2. The smallest absolute Gasteiger partial charge is 0.392 e. The van der Waals surface area contributed by atoms with Crippen molar-refractivity contribution in [1.29, 1.82) is 0 Å². The number of rotatable bonds is 3. The van der Waals surface area contributed by atoms with E-state index in [1.165, 1.54) is 12.4 Å². The van der Waals surface area contributed by atoms with Crippen molar-refractivity contribution in [2.45, 2.75) is 19.3 Å². The van der Waals surface area contributed by atoms with Crippen molar-refractivity contribution in [2.75, 3.05) is 0 Å². The minimum atomic E-state index is -4.28. The normalized spacial score (nSPS) is 12.0. The zero-order valence-electron chi connectivity index (χ0n) is 11.5. The molecule has 1 N–H and O–H groups in total. The van der Waals surface area contributed by atoms with Gasteiger partial charge in [0, 0.05) is 11.8 Å². The van der Waals surface area contributed by atoms with Crippen LogP contribution in [0.3, 0.4) is 0 Å². The van der Waals surface area contributed by atoms with E-state index in [0.717, 1.165) is 26.6 Å². The molecule has 1 heterocycles. The molecule has 22 heavy (non-hydrogen) atoms. The highest BCUT2D eigenvalue weighted by atomic mass is 19.4. The summed E-state index contributed by atoms with van der Waals surface area (Å²) in [6.45, 7) is -1.12. The third-order valence-corrected chi connectivity index (χ3v) is 3.40. The fourth-order valence-electron chi connectivity index (χ4n) is 2.36. The van der Waals surface area contributed by atoms with Crippen LogP contribution in [0.4, 0.5) is 13.2 Å². The standard InChI is InChI=1S/C16H13F3N2O/c17-16(18,19)10-21-8-15(7-20-21)14-4-3-12-5-11(9-22)1-2-13(12)6-14/h1-8,22H,9-10H2. The van der Waals surface area contributed by atoms with Gasteiger partial charge in [-0.2, -0.15) is 18.3 Å². The fraction of sp³-hybridized carbons (Fsp3) is 0.188. The van der Waals surface area contributed by atoms with Crippen LogP contribution in [0.1, 0.15) is 5.56 Å². The Bertz CT molecular complexity index is 809. The number of aliphatic hydroxyl groups is 1. The summed E-state index contributed by atoms with van der Waals surface area (Å²) < 4.78 is 37.9. The topological polar surface area (TPSA) is 38.1 Å². The van der Waals surface area contributed by atoms with Gasteiger partial charge in [-0.15, -0.1) is 0 Å². The van der Waals surface area contributed by atoms with Crippen LogP contribution in [0.15, 0.2) is 48.8 Å². The van der Waals surface area contributed by atoms with E-state index >= 15 is 0 Å². The number of halogens is 3. The van der Waals surface area contributed by atoms with Crippen LogP contribution in [0, 0.1) is 0 Å². The van der Waals surface area contributed by atoms with Gasteiger partial charge in [-0.25, -0.2) is 0 Å². The first kappa shape index (κ1) is 14.6. The van der Waals surface area contributed by atoms with E-state index in [9.17, 15) is 13.2 Å². The Morgan fingerprint density at radius 3 is 2.45 bits per heavy atom. The van der Waals surface area contributed by atoms with Gasteiger partial charge in [0.2, 0.25) is 0 Å². The highest BCUT2D eigenvalue weighted by Gasteiger charge is 2.28. The number of aromatic nitrogens is 2. The molecule has 0 bridgehead atoms. The molecule has 0 atom stereocenters. The lowest BCUT2D eigenvalue weighted by molar-refractivity contribution is -0.142. The quantitative estimate of drug-likeness (QED) is 0.800. The Morgan fingerprint density at radius 2 is 1.73 bits per heavy atom. The largest absolute Gasteiger partial charge is 0.408 e. The van der Waals surface area contributed by atoms with Crippen LogP contribution < -0.4 is 0 Å². The second-order valence-corrected chi connectivity index (χ2v) is 5.10. The van der Waals surface area contributed by atoms with Crippen LogP contribution in [-0.2, 0) is 13.2 Å². The highest BCUT2D eigenvalue weighted by Crippen LogP contribution is 2.26. The van der Waals surface area contributed by atoms with E-state index in [1.807, 2.05) is 36.4 Å². The van der Waals surface area contributed by atoms with Gasteiger partial charge in [0.25, 0.3) is 0 Å². The first-order valence-corrected chi connectivity index (χ1v) is 6.68. The minimum Gasteiger partial charge on any atom is -0.392 e. The van der Waals surface area contributed by atoms with Crippen molar-refractivity contribution in [1.82, 2.24) is 9.78 Å². The summed E-state index contributed by atoms with van der Waals surface area (Å²) in [5.41, 5.74) is 2.26. The molecule has 0 fully saturated rings. The van der Waals surface area contributed by atoms with E-state index in [2.05, 4.69) is 5.10 Å². The summed E-state index contributed by atoms with van der Waals surface area (Å²) in [5, 5.41) is 14.8. The SMILES string of the molecule is OCc1ccc2cc(-c3cnn(CC(F)(F)F)c3)ccc2c1. The molecular formula is C16H13F3N2O. The number of hydrogen-bond donors (Lipinski definition) is 1. The Labute approximate surface area is 124 Å². The maximum Gasteiger partial charge on any atom is 0.408 e. The molecule has 0 aliphatic carbocycles. The van der Waals surface area contributed by atoms with Crippen molar-refractivity contribution in [3.63, 3.8) is 0 Å². The van der Waals surface area contributed by atoms with E-state index < -0.39 is 12.7 Å². The summed E-state index contributed by atoms with van der Waals surface area (Å²) in [6.07, 6.45) is -1.47. The third kappa shape index (κ3) is 3.12. The van der Waals surface area contributed by atoms with E-state index in [1.54, 1.807) is 0 Å². The van der Waals surface area contributed by atoms with E-state index in [4.69, 9.17) is 5.11 Å². The van der Waals surface area contributed by atoms with Crippen LogP contribution in [0.25, 0.3) is 21.9 Å². The molecule has 2 aromatic carbocycles. The van der Waals surface area contributed by atoms with Crippen molar-refractivity contribution in [3.8, 4) is 11.1 Å². The molecule has 0 spiro atoms. The molecule has 3 nitrogen and oxygen atoms in total. The number of alkyl halides is 3. The monoisotopic (exact) mass is 306 g/mol. The highest BCUT2D eigenvalue weighted by molar-refractivity contribution is 5.87. The predicted octanol–water partition coefficient (Wildman–Crippen LogP) is 3.76. The maximum atomic E-state index is 12.4. The molecule has 3 aromatic rings. The molecule has 0 radical (unpaired) electrons. The molecule has 0 aliphatic rings. The molecule has 3 rings (SSSR count). The predicted molar refractivity (Wildman–Crippen MR) is 77.1 cm³/mol.